The van der Waals surface area contributed by atoms with E-state index in [1.807, 2.05) is 74.5 Å². The number of hydrogen-bond donors (Lipinski definition) is 0. The monoisotopic (exact) mass is 498 g/mol. The summed E-state index contributed by atoms with van der Waals surface area (Å²) in [6.07, 6.45) is 0.770. The minimum absolute atomic E-state index is 0.131. The summed E-state index contributed by atoms with van der Waals surface area (Å²) in [5.74, 6) is -0.962. The summed E-state index contributed by atoms with van der Waals surface area (Å²) < 4.78 is 35.1. The molecule has 3 heterocycles. The molecule has 7 nitrogen and oxygen atoms in total. The number of halogens is 1. The standard InChI is InChI=1S/C29H27FN4O3/c1-4-29(18-36-28(2,3)37-29)21-12-8-9-19(13-21)17-35-26-16-25-23(14-24(26)30)22(20-10-6-5-7-11-20)15-27-31-32-33-34(25)27/h5-16H,4,17-18H2,1-3H3. The van der Waals surface area contributed by atoms with Crippen molar-refractivity contribution in [1.82, 2.24) is 20.0 Å². The Labute approximate surface area is 213 Å². The minimum Gasteiger partial charge on any atom is -0.486 e. The lowest BCUT2D eigenvalue weighted by atomic mass is 9.91. The van der Waals surface area contributed by atoms with Crippen LogP contribution in [0.4, 0.5) is 4.39 Å². The van der Waals surface area contributed by atoms with E-state index in [0.29, 0.717) is 23.2 Å². The molecule has 0 radical (unpaired) electrons. The van der Waals surface area contributed by atoms with Crippen LogP contribution in [0.3, 0.4) is 0 Å². The summed E-state index contributed by atoms with van der Waals surface area (Å²) in [6.45, 7) is 6.60. The highest BCUT2D eigenvalue weighted by molar-refractivity contribution is 5.97. The molecule has 188 valence electrons. The SMILES string of the molecule is CCC1(c2cccc(COc3cc4c(cc3F)c(-c3ccccc3)cc3nnnn34)c2)COC(C)(C)O1. The van der Waals surface area contributed by atoms with E-state index in [-0.39, 0.29) is 12.4 Å². The minimum atomic E-state index is -0.642. The first-order chi connectivity index (χ1) is 17.9. The molecule has 0 bridgehead atoms. The second kappa shape index (κ2) is 8.90. The highest BCUT2D eigenvalue weighted by atomic mass is 19.1. The predicted molar refractivity (Wildman–Crippen MR) is 138 cm³/mol. The van der Waals surface area contributed by atoms with Crippen LogP contribution in [0.25, 0.3) is 27.7 Å². The summed E-state index contributed by atoms with van der Waals surface area (Å²) in [7, 11) is 0. The van der Waals surface area contributed by atoms with Gasteiger partial charge in [0.1, 0.15) is 12.2 Å². The van der Waals surface area contributed by atoms with Crippen molar-refractivity contribution < 1.29 is 18.6 Å². The average Bonchev–Trinajstić information content (AvgIpc) is 3.52. The molecule has 6 rings (SSSR count). The molecule has 0 N–H and O–H groups in total. The van der Waals surface area contributed by atoms with Gasteiger partial charge in [0, 0.05) is 11.5 Å². The molecule has 1 atom stereocenters. The molecule has 8 heteroatoms. The van der Waals surface area contributed by atoms with Crippen LogP contribution in [-0.2, 0) is 21.7 Å². The van der Waals surface area contributed by atoms with Crippen LogP contribution in [0.5, 0.6) is 5.75 Å². The van der Waals surface area contributed by atoms with Gasteiger partial charge in [-0.15, -0.1) is 5.10 Å². The number of rotatable bonds is 6. The fraction of sp³-hybridized carbons (Fsp3) is 0.276. The average molecular weight is 499 g/mol. The van der Waals surface area contributed by atoms with Gasteiger partial charge in [-0.05, 0) is 71.1 Å². The Morgan fingerprint density at radius 2 is 1.86 bits per heavy atom. The molecule has 2 aromatic heterocycles. The number of aromatic nitrogens is 4. The Hall–Kier alpha value is -3.88. The number of fused-ring (bicyclic) bond motifs is 3. The molecule has 37 heavy (non-hydrogen) atoms. The number of nitrogens with zero attached hydrogens (tertiary/aromatic N) is 4. The first kappa shape index (κ1) is 23.5. The van der Waals surface area contributed by atoms with E-state index in [1.54, 1.807) is 10.6 Å². The largest absolute Gasteiger partial charge is 0.486 e. The maximum absolute atomic E-state index is 15.3. The molecule has 1 unspecified atom stereocenters. The van der Waals surface area contributed by atoms with Crippen molar-refractivity contribution in [2.24, 2.45) is 0 Å². The zero-order valence-electron chi connectivity index (χ0n) is 20.9. The summed E-state index contributed by atoms with van der Waals surface area (Å²) in [6, 6.07) is 22.8. The summed E-state index contributed by atoms with van der Waals surface area (Å²) in [5, 5.41) is 12.7. The van der Waals surface area contributed by atoms with Gasteiger partial charge in [-0.25, -0.2) is 4.39 Å². The lowest BCUT2D eigenvalue weighted by Gasteiger charge is -2.29. The Bertz CT molecular complexity index is 1600. The van der Waals surface area contributed by atoms with Gasteiger partial charge < -0.3 is 14.2 Å². The molecule has 1 aliphatic rings. The molecule has 1 fully saturated rings. The number of hydrogen-bond acceptors (Lipinski definition) is 6. The normalized spacial score (nSPS) is 19.0. The fourth-order valence-electron chi connectivity index (χ4n) is 5.01. The summed E-state index contributed by atoms with van der Waals surface area (Å²) >= 11 is 0. The summed E-state index contributed by atoms with van der Waals surface area (Å²) in [5.41, 5.74) is 4.44. The maximum Gasteiger partial charge on any atom is 0.180 e. The first-order valence-electron chi connectivity index (χ1n) is 12.3. The van der Waals surface area contributed by atoms with Gasteiger partial charge in [-0.3, -0.25) is 0 Å². The lowest BCUT2D eigenvalue weighted by molar-refractivity contribution is -0.164. The quantitative estimate of drug-likeness (QED) is 0.284. The van der Waals surface area contributed by atoms with Crippen LogP contribution in [0.2, 0.25) is 0 Å². The van der Waals surface area contributed by atoms with E-state index < -0.39 is 17.2 Å². The highest BCUT2D eigenvalue weighted by Gasteiger charge is 2.45. The van der Waals surface area contributed by atoms with E-state index in [1.165, 1.54) is 6.07 Å². The summed E-state index contributed by atoms with van der Waals surface area (Å²) in [4.78, 5) is 0. The van der Waals surface area contributed by atoms with E-state index in [4.69, 9.17) is 14.2 Å². The van der Waals surface area contributed by atoms with E-state index >= 15 is 4.39 Å². The number of ether oxygens (including phenoxy) is 3. The molecule has 0 saturated carbocycles. The van der Waals surface area contributed by atoms with Gasteiger partial charge in [-0.1, -0.05) is 55.5 Å². The molecule has 1 aliphatic heterocycles. The van der Waals surface area contributed by atoms with E-state index in [9.17, 15) is 0 Å². The third-order valence-corrected chi connectivity index (χ3v) is 6.93. The Morgan fingerprint density at radius 3 is 2.62 bits per heavy atom. The Balaban J connectivity index is 1.34. The van der Waals surface area contributed by atoms with Crippen LogP contribution in [-0.4, -0.2) is 32.4 Å². The van der Waals surface area contributed by atoms with E-state index in [2.05, 4.69) is 22.4 Å². The zero-order valence-corrected chi connectivity index (χ0v) is 20.9. The van der Waals surface area contributed by atoms with Crippen molar-refractivity contribution in [2.75, 3.05) is 6.61 Å². The molecule has 3 aromatic carbocycles. The van der Waals surface area contributed by atoms with Crippen LogP contribution >= 0.6 is 0 Å². The molecular weight excluding hydrogens is 471 g/mol. The van der Waals surface area contributed by atoms with Gasteiger partial charge in [0.15, 0.2) is 23.0 Å². The van der Waals surface area contributed by atoms with E-state index in [0.717, 1.165) is 28.7 Å². The topological polar surface area (TPSA) is 70.8 Å². The molecule has 0 amide bonds. The zero-order chi connectivity index (χ0) is 25.6. The van der Waals surface area contributed by atoms with Crippen molar-refractivity contribution in [3.05, 3.63) is 89.7 Å². The second-order valence-corrected chi connectivity index (χ2v) is 9.80. The third kappa shape index (κ3) is 4.22. The first-order valence-corrected chi connectivity index (χ1v) is 12.3. The predicted octanol–water partition coefficient (Wildman–Crippen LogP) is 6.05. The third-order valence-electron chi connectivity index (χ3n) is 6.93. The van der Waals surface area contributed by atoms with Crippen LogP contribution < -0.4 is 4.74 Å². The molecule has 1 saturated heterocycles. The number of tetrazole rings is 1. The van der Waals surface area contributed by atoms with Crippen molar-refractivity contribution in [3.8, 4) is 16.9 Å². The van der Waals surface area contributed by atoms with Gasteiger partial charge in [0.2, 0.25) is 0 Å². The lowest BCUT2D eigenvalue weighted by Crippen LogP contribution is -2.31. The van der Waals surface area contributed by atoms with Crippen molar-refractivity contribution in [3.63, 3.8) is 0 Å². The van der Waals surface area contributed by atoms with Crippen molar-refractivity contribution in [1.29, 1.82) is 0 Å². The maximum atomic E-state index is 15.3. The molecule has 0 spiro atoms. The number of benzene rings is 3. The number of pyridine rings is 1. The molecule has 0 aliphatic carbocycles. The Kier molecular flexibility index (Phi) is 5.66. The fourth-order valence-corrected chi connectivity index (χ4v) is 5.01. The van der Waals surface area contributed by atoms with Gasteiger partial charge in [0.25, 0.3) is 0 Å². The molecular formula is C29H27FN4O3. The smallest absolute Gasteiger partial charge is 0.180 e. The second-order valence-electron chi connectivity index (χ2n) is 9.80. The van der Waals surface area contributed by atoms with Crippen molar-refractivity contribution >= 4 is 16.6 Å². The molecule has 5 aromatic rings. The van der Waals surface area contributed by atoms with Gasteiger partial charge in [0.05, 0.1) is 12.1 Å². The van der Waals surface area contributed by atoms with Crippen LogP contribution in [0.1, 0.15) is 38.3 Å². The van der Waals surface area contributed by atoms with Crippen LogP contribution in [0, 0.1) is 5.82 Å². The van der Waals surface area contributed by atoms with Crippen LogP contribution in [0.15, 0.2) is 72.8 Å². The van der Waals surface area contributed by atoms with Gasteiger partial charge >= 0.3 is 0 Å². The highest BCUT2D eigenvalue weighted by Crippen LogP contribution is 2.41. The van der Waals surface area contributed by atoms with Gasteiger partial charge in [-0.2, -0.15) is 4.52 Å². The van der Waals surface area contributed by atoms with Crippen molar-refractivity contribution in [2.45, 2.75) is 45.2 Å². The Morgan fingerprint density at radius 1 is 1.03 bits per heavy atom.